The Bertz CT molecular complexity index is 1560. The van der Waals surface area contributed by atoms with E-state index in [0.717, 1.165) is 35.3 Å². The summed E-state index contributed by atoms with van der Waals surface area (Å²) >= 11 is 0. The third-order valence-corrected chi connectivity index (χ3v) is 8.64. The van der Waals surface area contributed by atoms with Gasteiger partial charge in [-0.05, 0) is 91.0 Å². The zero-order chi connectivity index (χ0) is 30.8. The smallest absolute Gasteiger partial charge is 0.407 e. The lowest BCUT2D eigenvalue weighted by Crippen LogP contribution is -2.40. The zero-order valence-electron chi connectivity index (χ0n) is 24.6. The van der Waals surface area contributed by atoms with Gasteiger partial charge in [0.15, 0.2) is 0 Å². The van der Waals surface area contributed by atoms with Gasteiger partial charge in [-0.1, -0.05) is 18.2 Å². The van der Waals surface area contributed by atoms with Crippen LogP contribution in [0.5, 0.6) is 17.2 Å². The average Bonchev–Trinajstić information content (AvgIpc) is 3.86. The molecule has 0 radical (unpaired) electrons. The first-order valence-electron chi connectivity index (χ1n) is 14.9. The molecule has 2 aliphatic heterocycles. The van der Waals surface area contributed by atoms with Crippen molar-refractivity contribution in [3.8, 4) is 28.5 Å². The Labute approximate surface area is 255 Å². The minimum atomic E-state index is -1.01. The van der Waals surface area contributed by atoms with Gasteiger partial charge in [-0.25, -0.2) is 9.78 Å². The van der Waals surface area contributed by atoms with Gasteiger partial charge in [-0.3, -0.25) is 9.59 Å². The molecule has 230 valence electrons. The van der Waals surface area contributed by atoms with Crippen LogP contribution in [0.15, 0.2) is 48.5 Å². The Morgan fingerprint density at radius 1 is 1.05 bits per heavy atom. The monoisotopic (exact) mass is 600 g/mol. The van der Waals surface area contributed by atoms with Gasteiger partial charge >= 0.3 is 6.09 Å². The molecule has 1 aliphatic carbocycles. The Morgan fingerprint density at radius 2 is 1.75 bits per heavy atom. The van der Waals surface area contributed by atoms with Crippen molar-refractivity contribution >= 4 is 23.7 Å². The number of aromatic nitrogens is 1. The summed E-state index contributed by atoms with van der Waals surface area (Å²) in [5, 5.41) is 12.3. The summed E-state index contributed by atoms with van der Waals surface area (Å²) in [6, 6.07) is 15.3. The lowest BCUT2D eigenvalue weighted by atomic mass is 9.82. The van der Waals surface area contributed by atoms with Crippen molar-refractivity contribution in [1.29, 1.82) is 0 Å². The average molecular weight is 601 g/mol. The van der Waals surface area contributed by atoms with Gasteiger partial charge in [0.25, 0.3) is 0 Å². The maximum Gasteiger partial charge on any atom is 0.407 e. The number of amides is 3. The van der Waals surface area contributed by atoms with Crippen molar-refractivity contribution in [3.63, 3.8) is 0 Å². The van der Waals surface area contributed by atoms with Crippen LogP contribution in [0.2, 0.25) is 0 Å². The van der Waals surface area contributed by atoms with E-state index in [-0.39, 0.29) is 12.3 Å². The van der Waals surface area contributed by atoms with E-state index in [2.05, 4.69) is 5.32 Å². The lowest BCUT2D eigenvalue weighted by molar-refractivity contribution is -0.130. The number of pyridine rings is 1. The van der Waals surface area contributed by atoms with Gasteiger partial charge in [0, 0.05) is 13.1 Å². The number of primary amides is 1. The largest absolute Gasteiger partial charge is 0.497 e. The molecule has 2 aromatic carbocycles. The molecule has 0 spiro atoms. The number of carbonyl (C=O) groups excluding carboxylic acids is 2. The number of anilines is 1. The van der Waals surface area contributed by atoms with Gasteiger partial charge in [0.05, 0.1) is 25.0 Å². The topological polar surface area (TPSA) is 153 Å². The van der Waals surface area contributed by atoms with E-state index in [1.807, 2.05) is 48.5 Å². The molecule has 6 rings (SSSR count). The van der Waals surface area contributed by atoms with Crippen LogP contribution in [-0.2, 0) is 22.6 Å². The van der Waals surface area contributed by atoms with Crippen molar-refractivity contribution in [3.05, 3.63) is 65.2 Å². The molecule has 3 amide bonds. The van der Waals surface area contributed by atoms with E-state index < -0.39 is 23.8 Å². The molecule has 1 atom stereocenters. The van der Waals surface area contributed by atoms with Crippen LogP contribution in [0.1, 0.15) is 48.3 Å². The quantitative estimate of drug-likeness (QED) is 0.286. The van der Waals surface area contributed by atoms with Crippen LogP contribution >= 0.6 is 0 Å². The fraction of sp³-hybridized carbons (Fsp3) is 0.394. The van der Waals surface area contributed by atoms with Gasteiger partial charge in [-0.15, -0.1) is 0 Å². The van der Waals surface area contributed by atoms with E-state index in [0.29, 0.717) is 73.6 Å². The number of hydrogen-bond donors (Lipinski definition) is 3. The first-order valence-corrected chi connectivity index (χ1v) is 14.9. The molecule has 4 N–H and O–H groups in total. The number of carboxylic acid groups (broad SMARTS) is 1. The predicted octanol–water partition coefficient (Wildman–Crippen LogP) is 4.58. The maximum absolute atomic E-state index is 12.9. The fourth-order valence-electron chi connectivity index (χ4n) is 5.89. The van der Waals surface area contributed by atoms with E-state index in [9.17, 15) is 19.5 Å². The minimum absolute atomic E-state index is 0.00663. The second kappa shape index (κ2) is 12.4. The number of ether oxygens (including phenoxy) is 3. The summed E-state index contributed by atoms with van der Waals surface area (Å²) in [5.41, 5.74) is 9.44. The summed E-state index contributed by atoms with van der Waals surface area (Å²) in [4.78, 5) is 42.9. The van der Waals surface area contributed by atoms with Crippen molar-refractivity contribution in [2.75, 3.05) is 32.1 Å². The minimum Gasteiger partial charge on any atom is -0.497 e. The summed E-state index contributed by atoms with van der Waals surface area (Å²) in [6.07, 6.45) is 2.65. The molecule has 3 heterocycles. The molecule has 1 saturated carbocycles. The van der Waals surface area contributed by atoms with Gasteiger partial charge in [0.1, 0.15) is 35.6 Å². The number of piperidine rings is 1. The second-order valence-corrected chi connectivity index (χ2v) is 11.6. The predicted molar refractivity (Wildman–Crippen MR) is 162 cm³/mol. The Kier molecular flexibility index (Phi) is 8.28. The highest BCUT2D eigenvalue weighted by atomic mass is 16.5. The summed E-state index contributed by atoms with van der Waals surface area (Å²) < 4.78 is 18.0. The van der Waals surface area contributed by atoms with E-state index in [1.165, 1.54) is 4.90 Å². The molecule has 3 aliphatic rings. The Morgan fingerprint density at radius 3 is 2.39 bits per heavy atom. The van der Waals surface area contributed by atoms with Gasteiger partial charge < -0.3 is 35.3 Å². The number of nitrogens with one attached hydrogen (secondary N) is 1. The molecular formula is C33H36N4O7. The van der Waals surface area contributed by atoms with Crippen LogP contribution in [-0.4, -0.2) is 59.7 Å². The zero-order valence-corrected chi connectivity index (χ0v) is 24.6. The van der Waals surface area contributed by atoms with Crippen LogP contribution in [0.25, 0.3) is 11.3 Å². The highest BCUT2D eigenvalue weighted by Crippen LogP contribution is 2.44. The maximum atomic E-state index is 12.9. The van der Waals surface area contributed by atoms with Gasteiger partial charge in [0.2, 0.25) is 11.8 Å². The summed E-state index contributed by atoms with van der Waals surface area (Å²) in [5.74, 6) is 0.643. The molecular weight excluding hydrogens is 564 g/mol. The van der Waals surface area contributed by atoms with Crippen LogP contribution < -0.4 is 25.3 Å². The van der Waals surface area contributed by atoms with E-state index in [1.54, 1.807) is 7.11 Å². The number of nitrogens with two attached hydrogens (primary N) is 1. The van der Waals surface area contributed by atoms with Gasteiger partial charge in [-0.2, -0.15) is 0 Å². The normalized spacial score (nSPS) is 18.2. The van der Waals surface area contributed by atoms with Crippen molar-refractivity contribution in [2.45, 2.75) is 44.6 Å². The molecule has 1 unspecified atom stereocenters. The Hall–Kier alpha value is -4.80. The van der Waals surface area contributed by atoms with E-state index >= 15 is 0 Å². The van der Waals surface area contributed by atoms with Crippen LogP contribution in [0.3, 0.4) is 0 Å². The second-order valence-electron chi connectivity index (χ2n) is 11.6. The van der Waals surface area contributed by atoms with Crippen LogP contribution in [0, 0.1) is 11.8 Å². The highest BCUT2D eigenvalue weighted by Gasteiger charge is 2.36. The standard InChI is InChI=1S/C33H36N4O7/c1-42-22-9-7-20(8-10-22)18-44-28-4-2-3-27(43-17-19-5-6-19)29(28)26-16-23(21-11-13-37(14-12-21)33(40)41)24-15-25(30(34)38)32(39)36-31(24)35-26/h2-4,7-10,16,19,21,25H,5-6,11-15,17-18H2,1H3,(H2,34,38)(H,40,41)(H,35,36,39). The first kappa shape index (κ1) is 29.3. The highest BCUT2D eigenvalue weighted by molar-refractivity contribution is 6.08. The molecule has 1 saturated heterocycles. The molecule has 3 aromatic rings. The first-order chi connectivity index (χ1) is 21.3. The molecule has 11 nitrogen and oxygen atoms in total. The molecule has 44 heavy (non-hydrogen) atoms. The molecule has 2 fully saturated rings. The number of benzene rings is 2. The number of nitrogens with zero attached hydrogens (tertiary/aromatic N) is 2. The number of likely N-dealkylation sites (tertiary alicyclic amines) is 1. The third-order valence-electron chi connectivity index (χ3n) is 8.64. The third kappa shape index (κ3) is 6.27. The SMILES string of the molecule is COc1ccc(COc2cccc(OCC3CC3)c2-c2cc(C3CCN(C(=O)O)CC3)c3c(n2)NC(=O)C(C(N)=O)C3)cc1. The summed E-state index contributed by atoms with van der Waals surface area (Å²) in [6.45, 7) is 1.65. The Balaban J connectivity index is 1.41. The molecule has 1 aromatic heterocycles. The molecule has 0 bridgehead atoms. The van der Waals surface area contributed by atoms with Crippen molar-refractivity contribution in [2.24, 2.45) is 17.6 Å². The fourth-order valence-corrected chi connectivity index (χ4v) is 5.89. The van der Waals surface area contributed by atoms with Crippen LogP contribution in [0.4, 0.5) is 10.6 Å². The number of carbonyl (C=O) groups is 3. The van der Waals surface area contributed by atoms with Crippen molar-refractivity contribution in [1.82, 2.24) is 9.88 Å². The lowest BCUT2D eigenvalue weighted by Gasteiger charge is -2.33. The number of fused-ring (bicyclic) bond motifs is 1. The number of methoxy groups -OCH3 is 1. The number of rotatable bonds is 10. The van der Waals surface area contributed by atoms with E-state index in [4.69, 9.17) is 24.9 Å². The van der Waals surface area contributed by atoms with Crippen molar-refractivity contribution < 1.29 is 33.7 Å². The number of hydrogen-bond acceptors (Lipinski definition) is 7. The summed E-state index contributed by atoms with van der Waals surface area (Å²) in [7, 11) is 1.62. The molecule has 11 heteroatoms.